The topological polar surface area (TPSA) is 48.1 Å². The Morgan fingerprint density at radius 2 is 1.92 bits per heavy atom. The van der Waals surface area contributed by atoms with Crippen LogP contribution in [0.3, 0.4) is 0 Å². The summed E-state index contributed by atoms with van der Waals surface area (Å²) in [6.45, 7) is 15.3. The van der Waals surface area contributed by atoms with E-state index in [2.05, 4.69) is 34.2 Å². The monoisotopic (exact) mass is 386 g/mol. The molecule has 0 amide bonds. The van der Waals surface area contributed by atoms with Crippen molar-refractivity contribution < 1.29 is 18.7 Å². The standard InChI is InChI=1S/C19H38O4Si2/c1-7-22-24-11-9-10-21-18(20)14-12-15-16(23-15)13-17(14)25(6,8-2)19(3,4)5/h14-17H,7-13,24H2,1-6H3. The van der Waals surface area contributed by atoms with Crippen LogP contribution in [-0.2, 0) is 18.7 Å². The molecule has 25 heavy (non-hydrogen) atoms. The summed E-state index contributed by atoms with van der Waals surface area (Å²) in [5, 5.41) is 0.287. The van der Waals surface area contributed by atoms with E-state index >= 15 is 0 Å². The van der Waals surface area contributed by atoms with Crippen LogP contribution in [0.1, 0.15) is 53.9 Å². The van der Waals surface area contributed by atoms with E-state index in [-0.39, 0.29) is 16.9 Å². The second kappa shape index (κ2) is 8.67. The number of fused-ring (bicyclic) bond motifs is 1. The molecule has 0 aromatic carbocycles. The van der Waals surface area contributed by atoms with Crippen molar-refractivity contribution in [3.05, 3.63) is 0 Å². The molecule has 1 aliphatic carbocycles. The van der Waals surface area contributed by atoms with Crippen LogP contribution < -0.4 is 0 Å². The molecule has 4 nitrogen and oxygen atoms in total. The lowest BCUT2D eigenvalue weighted by molar-refractivity contribution is -0.149. The summed E-state index contributed by atoms with van der Waals surface area (Å²) in [5.74, 6) is 0.0807. The van der Waals surface area contributed by atoms with Crippen molar-refractivity contribution in [2.75, 3.05) is 13.2 Å². The molecule has 2 fully saturated rings. The van der Waals surface area contributed by atoms with Gasteiger partial charge in [-0.25, -0.2) is 0 Å². The Morgan fingerprint density at radius 3 is 2.52 bits per heavy atom. The van der Waals surface area contributed by atoms with Gasteiger partial charge in [0.2, 0.25) is 0 Å². The van der Waals surface area contributed by atoms with Crippen LogP contribution in [0.15, 0.2) is 0 Å². The highest BCUT2D eigenvalue weighted by atomic mass is 28.3. The van der Waals surface area contributed by atoms with E-state index in [1.54, 1.807) is 0 Å². The molecule has 0 spiro atoms. The summed E-state index contributed by atoms with van der Waals surface area (Å²) in [6, 6.07) is 2.30. The first-order valence-electron chi connectivity index (χ1n) is 10.1. The zero-order valence-electron chi connectivity index (χ0n) is 17.1. The summed E-state index contributed by atoms with van der Waals surface area (Å²) in [4.78, 5) is 12.9. The first kappa shape index (κ1) is 21.1. The van der Waals surface area contributed by atoms with Gasteiger partial charge in [0.1, 0.15) is 0 Å². The lowest BCUT2D eigenvalue weighted by Gasteiger charge is -2.48. The minimum absolute atomic E-state index is 0.0356. The number of hydrogen-bond donors (Lipinski definition) is 0. The molecule has 0 radical (unpaired) electrons. The molecular weight excluding hydrogens is 348 g/mol. The molecule has 1 heterocycles. The Hall–Kier alpha value is -0.176. The van der Waals surface area contributed by atoms with Crippen molar-refractivity contribution >= 4 is 23.8 Å². The van der Waals surface area contributed by atoms with E-state index in [1.165, 1.54) is 6.04 Å². The Balaban J connectivity index is 1.97. The van der Waals surface area contributed by atoms with Gasteiger partial charge in [-0.3, -0.25) is 4.79 Å². The average Bonchev–Trinajstić information content (AvgIpc) is 3.33. The van der Waals surface area contributed by atoms with Crippen LogP contribution in [-0.4, -0.2) is 49.2 Å². The molecular formula is C19H38O4Si2. The Kier molecular flexibility index (Phi) is 7.33. The number of carbonyl (C=O) groups excluding carboxylic acids is 1. The second-order valence-electron chi connectivity index (χ2n) is 8.99. The van der Waals surface area contributed by atoms with Crippen LogP contribution in [0.2, 0.25) is 29.2 Å². The molecule has 0 bridgehead atoms. The molecule has 0 aromatic heterocycles. The Bertz CT molecular complexity index is 451. The Labute approximate surface area is 157 Å². The largest absolute Gasteiger partial charge is 0.465 e. The minimum Gasteiger partial charge on any atom is -0.465 e. The summed E-state index contributed by atoms with van der Waals surface area (Å²) < 4.78 is 17.0. The lowest BCUT2D eigenvalue weighted by atomic mass is 9.88. The lowest BCUT2D eigenvalue weighted by Crippen LogP contribution is -2.50. The molecule has 2 aliphatic rings. The van der Waals surface area contributed by atoms with Gasteiger partial charge in [-0.2, -0.15) is 0 Å². The molecule has 1 saturated heterocycles. The number of hydrogen-bond acceptors (Lipinski definition) is 4. The zero-order valence-corrected chi connectivity index (χ0v) is 19.5. The fourth-order valence-corrected chi connectivity index (χ4v) is 9.98. The fourth-order valence-electron chi connectivity index (χ4n) is 4.47. The molecule has 1 aliphatic heterocycles. The molecule has 2 rings (SSSR count). The molecule has 5 atom stereocenters. The molecule has 5 unspecified atom stereocenters. The van der Waals surface area contributed by atoms with Gasteiger partial charge in [0, 0.05) is 6.61 Å². The number of epoxide rings is 1. The molecule has 0 aromatic rings. The molecule has 146 valence electrons. The van der Waals surface area contributed by atoms with E-state index in [4.69, 9.17) is 13.9 Å². The number of carbonyl (C=O) groups is 1. The van der Waals surface area contributed by atoms with E-state index in [0.717, 1.165) is 31.9 Å². The van der Waals surface area contributed by atoms with Crippen LogP contribution in [0.25, 0.3) is 0 Å². The van der Waals surface area contributed by atoms with Crippen molar-refractivity contribution in [2.24, 2.45) is 5.92 Å². The minimum atomic E-state index is -1.62. The average molecular weight is 387 g/mol. The van der Waals surface area contributed by atoms with E-state index < -0.39 is 17.8 Å². The Morgan fingerprint density at radius 1 is 1.24 bits per heavy atom. The molecule has 6 heteroatoms. The highest BCUT2D eigenvalue weighted by Crippen LogP contribution is 2.57. The van der Waals surface area contributed by atoms with Gasteiger partial charge in [-0.1, -0.05) is 40.3 Å². The number of rotatable bonds is 9. The maximum absolute atomic E-state index is 12.9. The van der Waals surface area contributed by atoms with Crippen molar-refractivity contribution in [3.63, 3.8) is 0 Å². The number of ether oxygens (including phenoxy) is 2. The first-order valence-corrected chi connectivity index (χ1v) is 14.5. The highest BCUT2D eigenvalue weighted by Gasteiger charge is 2.58. The maximum Gasteiger partial charge on any atom is 0.309 e. The van der Waals surface area contributed by atoms with Gasteiger partial charge in [0.05, 0.1) is 32.8 Å². The van der Waals surface area contributed by atoms with E-state index in [9.17, 15) is 4.79 Å². The second-order valence-corrected chi connectivity index (χ2v) is 16.3. The SMILES string of the molecule is CCO[SiH2]CCCOC(=O)C1CC2OC2CC1[Si](C)(CC)C(C)(C)C. The van der Waals surface area contributed by atoms with Crippen molar-refractivity contribution in [1.29, 1.82) is 0 Å². The van der Waals surface area contributed by atoms with Gasteiger partial charge in [0.25, 0.3) is 0 Å². The van der Waals surface area contributed by atoms with Crippen LogP contribution in [0.5, 0.6) is 0 Å². The summed E-state index contributed by atoms with van der Waals surface area (Å²) in [6.07, 6.45) is 3.61. The number of esters is 1. The summed E-state index contributed by atoms with van der Waals surface area (Å²) in [5.41, 5.74) is 0.478. The van der Waals surface area contributed by atoms with Crippen molar-refractivity contribution in [1.82, 2.24) is 0 Å². The predicted molar refractivity (Wildman–Crippen MR) is 108 cm³/mol. The smallest absolute Gasteiger partial charge is 0.309 e. The van der Waals surface area contributed by atoms with Gasteiger partial charge in [-0.15, -0.1) is 0 Å². The van der Waals surface area contributed by atoms with E-state index in [1.807, 2.05) is 6.92 Å². The maximum atomic E-state index is 12.9. The zero-order chi connectivity index (χ0) is 18.7. The van der Waals surface area contributed by atoms with Gasteiger partial charge in [0.15, 0.2) is 9.76 Å². The predicted octanol–water partition coefficient (Wildman–Crippen LogP) is 3.90. The normalized spacial score (nSPS) is 31.6. The van der Waals surface area contributed by atoms with Crippen molar-refractivity contribution in [3.8, 4) is 0 Å². The van der Waals surface area contributed by atoms with E-state index in [0.29, 0.717) is 24.4 Å². The van der Waals surface area contributed by atoms with Gasteiger partial charge < -0.3 is 13.9 Å². The summed E-state index contributed by atoms with van der Waals surface area (Å²) in [7, 11) is -2.04. The van der Waals surface area contributed by atoms with Gasteiger partial charge >= 0.3 is 5.97 Å². The van der Waals surface area contributed by atoms with Crippen LogP contribution in [0, 0.1) is 5.92 Å². The first-order chi connectivity index (χ1) is 11.7. The molecule has 0 N–H and O–H groups in total. The fraction of sp³-hybridized carbons (Fsp3) is 0.947. The van der Waals surface area contributed by atoms with Crippen molar-refractivity contribution in [2.45, 2.75) is 95.3 Å². The molecule has 1 saturated carbocycles. The third kappa shape index (κ3) is 4.96. The van der Waals surface area contributed by atoms with Gasteiger partial charge in [-0.05, 0) is 42.8 Å². The highest BCUT2D eigenvalue weighted by molar-refractivity contribution is 6.82. The third-order valence-electron chi connectivity index (χ3n) is 6.85. The third-order valence-corrected chi connectivity index (χ3v) is 15.5. The summed E-state index contributed by atoms with van der Waals surface area (Å²) >= 11 is 0. The van der Waals surface area contributed by atoms with Crippen LogP contribution >= 0.6 is 0 Å². The quantitative estimate of drug-likeness (QED) is 0.261. The van der Waals surface area contributed by atoms with Crippen LogP contribution in [0.4, 0.5) is 0 Å².